The van der Waals surface area contributed by atoms with Gasteiger partial charge in [0, 0.05) is 4.88 Å². The lowest BCUT2D eigenvalue weighted by Crippen LogP contribution is -2.34. The van der Waals surface area contributed by atoms with Crippen LogP contribution in [0.3, 0.4) is 0 Å². The first-order valence-corrected chi connectivity index (χ1v) is 7.31. The Morgan fingerprint density at radius 1 is 1.11 bits per heavy atom. The fourth-order valence-electron chi connectivity index (χ4n) is 2.27. The average Bonchev–Trinajstić information content (AvgIpc) is 2.94. The van der Waals surface area contributed by atoms with E-state index in [0.29, 0.717) is 6.10 Å². The van der Waals surface area contributed by atoms with Crippen LogP contribution < -0.4 is 10.1 Å². The third-order valence-corrected chi connectivity index (χ3v) is 4.15. The Hall–Kier alpha value is -1.03. The van der Waals surface area contributed by atoms with Gasteiger partial charge in [-0.25, -0.2) is 0 Å². The molecule has 2 aromatic rings. The predicted molar refractivity (Wildman–Crippen MR) is 83.5 cm³/mol. The normalized spacial score (nSPS) is 15.8. The minimum atomic E-state index is 0. The lowest BCUT2D eigenvalue weighted by molar-refractivity contribution is 0.162. The summed E-state index contributed by atoms with van der Waals surface area (Å²) in [5.74, 6) is 0.993. The lowest BCUT2D eigenvalue weighted by atomic mass is 10.1. The fourth-order valence-corrected chi connectivity index (χ4v) is 3.00. The zero-order valence-electron chi connectivity index (χ0n) is 10.7. The van der Waals surface area contributed by atoms with Gasteiger partial charge in [0.2, 0.25) is 0 Å². The number of benzene rings is 1. The van der Waals surface area contributed by atoms with E-state index in [0.717, 1.165) is 31.7 Å². The van der Waals surface area contributed by atoms with Crippen LogP contribution in [0.25, 0.3) is 10.4 Å². The van der Waals surface area contributed by atoms with Crippen LogP contribution in [0.1, 0.15) is 12.8 Å². The molecular formula is C15H18ClNOS. The molecule has 0 atom stereocenters. The molecule has 0 spiro atoms. The smallest absolute Gasteiger partial charge is 0.120 e. The molecule has 0 saturated carbocycles. The Kier molecular flexibility index (Phi) is 5.25. The Morgan fingerprint density at radius 2 is 1.95 bits per heavy atom. The van der Waals surface area contributed by atoms with Crippen LogP contribution in [0, 0.1) is 0 Å². The van der Waals surface area contributed by atoms with E-state index in [9.17, 15) is 0 Å². The Labute approximate surface area is 124 Å². The second-order valence-electron chi connectivity index (χ2n) is 4.57. The van der Waals surface area contributed by atoms with Gasteiger partial charge < -0.3 is 10.1 Å². The van der Waals surface area contributed by atoms with Gasteiger partial charge in [-0.1, -0.05) is 18.2 Å². The summed E-state index contributed by atoms with van der Waals surface area (Å²) in [6, 6.07) is 12.6. The second kappa shape index (κ2) is 6.94. The van der Waals surface area contributed by atoms with Crippen molar-refractivity contribution in [3.63, 3.8) is 0 Å². The lowest BCUT2D eigenvalue weighted by Gasteiger charge is -2.24. The van der Waals surface area contributed by atoms with E-state index in [4.69, 9.17) is 4.74 Å². The third-order valence-electron chi connectivity index (χ3n) is 3.23. The van der Waals surface area contributed by atoms with Crippen molar-refractivity contribution in [2.75, 3.05) is 13.1 Å². The van der Waals surface area contributed by atoms with Gasteiger partial charge in [-0.05, 0) is 55.1 Å². The van der Waals surface area contributed by atoms with Crippen LogP contribution in [0.5, 0.6) is 5.75 Å². The van der Waals surface area contributed by atoms with E-state index >= 15 is 0 Å². The summed E-state index contributed by atoms with van der Waals surface area (Å²) in [6.45, 7) is 2.13. The first-order chi connectivity index (χ1) is 8.92. The Balaban J connectivity index is 0.00000133. The largest absolute Gasteiger partial charge is 0.490 e. The highest BCUT2D eigenvalue weighted by Crippen LogP contribution is 2.28. The summed E-state index contributed by atoms with van der Waals surface area (Å²) >= 11 is 1.77. The maximum absolute atomic E-state index is 6.06. The minimum Gasteiger partial charge on any atom is -0.490 e. The summed E-state index contributed by atoms with van der Waals surface area (Å²) in [5.41, 5.74) is 1.25. The molecular weight excluding hydrogens is 278 g/mol. The summed E-state index contributed by atoms with van der Waals surface area (Å²) in [7, 11) is 0. The first kappa shape index (κ1) is 14.4. The predicted octanol–water partition coefficient (Wildman–Crippen LogP) is 3.97. The van der Waals surface area contributed by atoms with Gasteiger partial charge in [-0.3, -0.25) is 0 Å². The van der Waals surface area contributed by atoms with Crippen LogP contribution in [0.2, 0.25) is 0 Å². The van der Waals surface area contributed by atoms with Crippen molar-refractivity contribution in [1.29, 1.82) is 0 Å². The highest BCUT2D eigenvalue weighted by atomic mass is 35.5. The van der Waals surface area contributed by atoms with Gasteiger partial charge in [-0.15, -0.1) is 23.7 Å². The fraction of sp³-hybridized carbons (Fsp3) is 0.333. The number of rotatable bonds is 3. The molecule has 2 heterocycles. The number of hydrogen-bond donors (Lipinski definition) is 1. The third kappa shape index (κ3) is 3.72. The number of ether oxygens (including phenoxy) is 1. The van der Waals surface area contributed by atoms with Gasteiger partial charge in [0.25, 0.3) is 0 Å². The van der Waals surface area contributed by atoms with Gasteiger partial charge in [0.05, 0.1) is 0 Å². The highest BCUT2D eigenvalue weighted by Gasteiger charge is 2.14. The SMILES string of the molecule is Cl.c1cc(OC2CCNCC2)cc(-c2cccs2)c1. The molecule has 19 heavy (non-hydrogen) atoms. The highest BCUT2D eigenvalue weighted by molar-refractivity contribution is 7.13. The number of thiophene rings is 1. The van der Waals surface area contributed by atoms with E-state index in [1.165, 1.54) is 10.4 Å². The number of hydrogen-bond acceptors (Lipinski definition) is 3. The van der Waals surface area contributed by atoms with E-state index in [2.05, 4.69) is 47.1 Å². The van der Waals surface area contributed by atoms with Crippen molar-refractivity contribution in [1.82, 2.24) is 5.32 Å². The first-order valence-electron chi connectivity index (χ1n) is 6.43. The summed E-state index contributed by atoms with van der Waals surface area (Å²) in [6.07, 6.45) is 2.57. The van der Waals surface area contributed by atoms with Crippen molar-refractivity contribution < 1.29 is 4.74 Å². The Bertz CT molecular complexity index is 495. The molecule has 1 fully saturated rings. The molecule has 102 valence electrons. The van der Waals surface area contributed by atoms with Crippen molar-refractivity contribution in [3.05, 3.63) is 41.8 Å². The van der Waals surface area contributed by atoms with E-state index < -0.39 is 0 Å². The zero-order valence-corrected chi connectivity index (χ0v) is 12.3. The molecule has 2 nitrogen and oxygen atoms in total. The van der Waals surface area contributed by atoms with E-state index in [-0.39, 0.29) is 12.4 Å². The van der Waals surface area contributed by atoms with Gasteiger partial charge in [0.1, 0.15) is 11.9 Å². The maximum Gasteiger partial charge on any atom is 0.120 e. The van der Waals surface area contributed by atoms with E-state index in [1.807, 2.05) is 0 Å². The molecule has 0 aliphatic carbocycles. The van der Waals surface area contributed by atoms with Gasteiger partial charge in [0.15, 0.2) is 0 Å². The molecule has 4 heteroatoms. The standard InChI is InChI=1S/C15H17NOS.ClH/c1-3-12(15-5-2-10-18-15)11-14(4-1)17-13-6-8-16-9-7-13;/h1-5,10-11,13,16H,6-9H2;1H. The molecule has 0 radical (unpaired) electrons. The van der Waals surface area contributed by atoms with Crippen molar-refractivity contribution in [2.24, 2.45) is 0 Å². The van der Waals surface area contributed by atoms with Crippen LogP contribution in [-0.4, -0.2) is 19.2 Å². The van der Waals surface area contributed by atoms with E-state index in [1.54, 1.807) is 11.3 Å². The summed E-state index contributed by atoms with van der Waals surface area (Å²) < 4.78 is 6.06. The van der Waals surface area contributed by atoms with Crippen LogP contribution >= 0.6 is 23.7 Å². The summed E-state index contributed by atoms with van der Waals surface area (Å²) in [5, 5.41) is 5.46. The number of halogens is 1. The molecule has 3 rings (SSSR count). The van der Waals surface area contributed by atoms with Crippen molar-refractivity contribution in [2.45, 2.75) is 18.9 Å². The Morgan fingerprint density at radius 3 is 2.68 bits per heavy atom. The summed E-state index contributed by atoms with van der Waals surface area (Å²) in [4.78, 5) is 1.30. The van der Waals surface area contributed by atoms with Crippen molar-refractivity contribution >= 4 is 23.7 Å². The molecule has 1 aromatic carbocycles. The van der Waals surface area contributed by atoms with Gasteiger partial charge in [-0.2, -0.15) is 0 Å². The topological polar surface area (TPSA) is 21.3 Å². The second-order valence-corrected chi connectivity index (χ2v) is 5.52. The molecule has 0 amide bonds. The molecule has 1 aliphatic heterocycles. The molecule has 0 bridgehead atoms. The van der Waals surface area contributed by atoms with Crippen LogP contribution in [-0.2, 0) is 0 Å². The average molecular weight is 296 g/mol. The van der Waals surface area contributed by atoms with Gasteiger partial charge >= 0.3 is 0 Å². The number of piperidine rings is 1. The molecule has 0 unspecified atom stereocenters. The molecule has 1 aromatic heterocycles. The van der Waals surface area contributed by atoms with Crippen LogP contribution in [0.4, 0.5) is 0 Å². The molecule has 1 aliphatic rings. The van der Waals surface area contributed by atoms with Crippen LogP contribution in [0.15, 0.2) is 41.8 Å². The molecule has 1 N–H and O–H groups in total. The maximum atomic E-state index is 6.06. The minimum absolute atomic E-state index is 0. The quantitative estimate of drug-likeness (QED) is 0.925. The molecule has 1 saturated heterocycles. The number of nitrogens with one attached hydrogen (secondary N) is 1. The van der Waals surface area contributed by atoms with Crippen molar-refractivity contribution in [3.8, 4) is 16.2 Å². The zero-order chi connectivity index (χ0) is 12.2. The monoisotopic (exact) mass is 295 g/mol.